The molecule has 2 rings (SSSR count). The Morgan fingerprint density at radius 3 is 2.26 bits per heavy atom. The quantitative estimate of drug-likeness (QED) is 0.942. The maximum atomic E-state index is 12.5. The van der Waals surface area contributed by atoms with Crippen molar-refractivity contribution in [3.63, 3.8) is 0 Å². The van der Waals surface area contributed by atoms with Crippen LogP contribution in [0, 0.1) is 0 Å². The lowest BCUT2D eigenvalue weighted by atomic mass is 10.1. The summed E-state index contributed by atoms with van der Waals surface area (Å²) in [4.78, 5) is 0.581. The fourth-order valence-electron chi connectivity index (χ4n) is 1.71. The Morgan fingerprint density at radius 2 is 1.68 bits per heavy atom. The van der Waals surface area contributed by atoms with Crippen LogP contribution in [0.15, 0.2) is 59.5 Å². The molecule has 1 N–H and O–H groups in total. The van der Waals surface area contributed by atoms with Gasteiger partial charge in [-0.15, -0.1) is 0 Å². The zero-order valence-electron chi connectivity index (χ0n) is 10.0. The fraction of sp³-hybridized carbons (Fsp3) is 0.143. The lowest BCUT2D eigenvalue weighted by Crippen LogP contribution is -2.13. The molecule has 2 aromatic rings. The zero-order valence-corrected chi connectivity index (χ0v) is 12.4. The van der Waals surface area contributed by atoms with Crippen molar-refractivity contribution in [2.24, 2.45) is 0 Å². The van der Waals surface area contributed by atoms with Crippen LogP contribution >= 0.6 is 11.6 Å². The molecule has 0 amide bonds. The second kappa shape index (κ2) is 6.01. The van der Waals surface area contributed by atoms with E-state index >= 15 is 0 Å². The van der Waals surface area contributed by atoms with Gasteiger partial charge in [0.15, 0.2) is 0 Å². The van der Waals surface area contributed by atoms with Crippen LogP contribution in [-0.4, -0.2) is 15.1 Å². The molecule has 19 heavy (non-hydrogen) atoms. The van der Waals surface area contributed by atoms with Crippen molar-refractivity contribution in [1.82, 2.24) is 0 Å². The van der Waals surface area contributed by atoms with Crippen LogP contribution in [-0.2, 0) is 19.7 Å². The minimum atomic E-state index is -2.67. The van der Waals surface area contributed by atoms with E-state index in [1.165, 1.54) is 0 Å². The average Bonchev–Trinajstić information content (AvgIpc) is 2.40. The third-order valence-electron chi connectivity index (χ3n) is 2.73. The molecule has 5 heteroatoms. The number of aliphatic hydroxyl groups is 1. The van der Waals surface area contributed by atoms with Gasteiger partial charge < -0.3 is 5.11 Å². The van der Waals surface area contributed by atoms with E-state index in [1.54, 1.807) is 48.5 Å². The highest BCUT2D eigenvalue weighted by atomic mass is 35.5. The Bertz CT molecular complexity index is 637. The summed E-state index contributed by atoms with van der Waals surface area (Å²) in [6, 6.07) is 15.7. The largest absolute Gasteiger partial charge is 0.387 e. The van der Waals surface area contributed by atoms with Crippen LogP contribution in [0.3, 0.4) is 0 Å². The highest BCUT2D eigenvalue weighted by molar-refractivity contribution is 8.33. The SMILES string of the molecule is O=S(=S)(CC(O)c1ccc(Cl)cc1)c1ccccc1. The Morgan fingerprint density at radius 1 is 1.11 bits per heavy atom. The van der Waals surface area contributed by atoms with Crippen molar-refractivity contribution in [2.75, 3.05) is 5.75 Å². The smallest absolute Gasteiger partial charge is 0.0911 e. The van der Waals surface area contributed by atoms with Crippen molar-refractivity contribution >= 4 is 31.3 Å². The molecular weight excluding hydrogens is 300 g/mol. The summed E-state index contributed by atoms with van der Waals surface area (Å²) in [6.07, 6.45) is -0.859. The third-order valence-corrected chi connectivity index (χ3v) is 5.72. The molecule has 2 nitrogen and oxygen atoms in total. The molecule has 0 aliphatic heterocycles. The first-order valence-electron chi connectivity index (χ1n) is 5.70. The van der Waals surface area contributed by atoms with Crippen molar-refractivity contribution in [2.45, 2.75) is 11.0 Å². The van der Waals surface area contributed by atoms with Crippen LogP contribution in [0.2, 0.25) is 5.02 Å². The van der Waals surface area contributed by atoms with E-state index in [0.717, 1.165) is 0 Å². The second-order valence-corrected chi connectivity index (χ2v) is 8.25. The van der Waals surface area contributed by atoms with Crippen molar-refractivity contribution in [1.29, 1.82) is 0 Å². The molecule has 100 valence electrons. The highest BCUT2D eigenvalue weighted by Crippen LogP contribution is 2.21. The van der Waals surface area contributed by atoms with Crippen LogP contribution in [0.1, 0.15) is 11.7 Å². The Labute approximate surface area is 122 Å². The van der Waals surface area contributed by atoms with E-state index in [0.29, 0.717) is 15.5 Å². The van der Waals surface area contributed by atoms with Crippen molar-refractivity contribution < 1.29 is 9.32 Å². The number of halogens is 1. The minimum absolute atomic E-state index is 0.0218. The first-order valence-corrected chi connectivity index (χ1v) is 8.73. The molecule has 2 aromatic carbocycles. The van der Waals surface area contributed by atoms with E-state index in [1.807, 2.05) is 6.07 Å². The standard InChI is InChI=1S/C14H13ClO2S2/c15-12-8-6-11(7-9-12)14(16)10-19(17,18)13-4-2-1-3-5-13/h1-9,14,16H,10H2. The molecule has 0 aliphatic carbocycles. The third kappa shape index (κ3) is 3.76. The molecule has 2 unspecified atom stereocenters. The summed E-state index contributed by atoms with van der Waals surface area (Å²) >= 11 is 10.9. The Hall–Kier alpha value is -0.940. The van der Waals surface area contributed by atoms with Crippen LogP contribution in [0.5, 0.6) is 0 Å². The molecule has 0 radical (unpaired) electrons. The van der Waals surface area contributed by atoms with Gasteiger partial charge in [-0.3, -0.25) is 4.21 Å². The average molecular weight is 313 g/mol. The van der Waals surface area contributed by atoms with Crippen LogP contribution in [0.25, 0.3) is 0 Å². The van der Waals surface area contributed by atoms with Gasteiger partial charge in [-0.25, -0.2) is 0 Å². The molecule has 0 saturated heterocycles. The maximum Gasteiger partial charge on any atom is 0.0911 e. The lowest BCUT2D eigenvalue weighted by molar-refractivity contribution is 0.203. The normalized spacial score (nSPS) is 15.7. The van der Waals surface area contributed by atoms with Gasteiger partial charge in [0.2, 0.25) is 0 Å². The van der Waals surface area contributed by atoms with E-state index in [2.05, 4.69) is 0 Å². The highest BCUT2D eigenvalue weighted by Gasteiger charge is 2.17. The summed E-state index contributed by atoms with van der Waals surface area (Å²) in [5.41, 5.74) is 0.665. The second-order valence-electron chi connectivity index (χ2n) is 4.16. The topological polar surface area (TPSA) is 37.3 Å². The molecule has 0 heterocycles. The van der Waals surface area contributed by atoms with E-state index in [-0.39, 0.29) is 5.75 Å². The summed E-state index contributed by atoms with van der Waals surface area (Å²) in [7, 11) is -2.67. The molecular formula is C14H13ClO2S2. The molecule has 0 aromatic heterocycles. The van der Waals surface area contributed by atoms with Gasteiger partial charge in [-0.2, -0.15) is 0 Å². The number of benzene rings is 2. The first-order chi connectivity index (χ1) is 8.99. The van der Waals surface area contributed by atoms with Gasteiger partial charge in [-0.05, 0) is 41.0 Å². The lowest BCUT2D eigenvalue weighted by Gasteiger charge is -2.13. The Kier molecular flexibility index (Phi) is 4.58. The molecule has 0 aliphatic rings. The predicted molar refractivity (Wildman–Crippen MR) is 81.5 cm³/mol. The summed E-state index contributed by atoms with van der Waals surface area (Å²) < 4.78 is 12.5. The molecule has 0 bridgehead atoms. The van der Waals surface area contributed by atoms with Gasteiger partial charge in [0, 0.05) is 9.92 Å². The summed E-state index contributed by atoms with van der Waals surface area (Å²) in [6.45, 7) is 0. The molecule has 0 spiro atoms. The number of aliphatic hydroxyl groups excluding tert-OH is 1. The van der Waals surface area contributed by atoms with Crippen molar-refractivity contribution in [3.05, 3.63) is 65.2 Å². The first kappa shape index (κ1) is 14.5. The maximum absolute atomic E-state index is 12.5. The summed E-state index contributed by atoms with van der Waals surface area (Å²) in [5.74, 6) is 0.0218. The van der Waals surface area contributed by atoms with Crippen LogP contribution in [0.4, 0.5) is 0 Å². The molecule has 0 fully saturated rings. The molecule has 0 saturated carbocycles. The monoisotopic (exact) mass is 312 g/mol. The van der Waals surface area contributed by atoms with Gasteiger partial charge in [0.1, 0.15) is 0 Å². The van der Waals surface area contributed by atoms with Gasteiger partial charge in [0.05, 0.1) is 20.3 Å². The van der Waals surface area contributed by atoms with E-state index < -0.39 is 14.6 Å². The fourth-order valence-corrected chi connectivity index (χ4v) is 3.93. The van der Waals surface area contributed by atoms with Gasteiger partial charge >= 0.3 is 0 Å². The predicted octanol–water partition coefficient (Wildman–Crippen LogP) is 3.18. The van der Waals surface area contributed by atoms with E-state index in [4.69, 9.17) is 22.8 Å². The van der Waals surface area contributed by atoms with Gasteiger partial charge in [-0.1, -0.05) is 41.9 Å². The van der Waals surface area contributed by atoms with Gasteiger partial charge in [0.25, 0.3) is 0 Å². The number of hydrogen-bond acceptors (Lipinski definition) is 3. The van der Waals surface area contributed by atoms with Crippen LogP contribution < -0.4 is 0 Å². The van der Waals surface area contributed by atoms with Crippen molar-refractivity contribution in [3.8, 4) is 0 Å². The minimum Gasteiger partial charge on any atom is -0.387 e. The number of hydrogen-bond donors (Lipinski definition) is 1. The zero-order chi connectivity index (χ0) is 13.9. The summed E-state index contributed by atoms with van der Waals surface area (Å²) in [5, 5.41) is 10.7. The number of rotatable bonds is 4. The Balaban J connectivity index is 2.19. The van der Waals surface area contributed by atoms with E-state index in [9.17, 15) is 9.32 Å². The molecule has 2 atom stereocenters.